The zero-order valence-electron chi connectivity index (χ0n) is 22.2. The highest BCUT2D eigenvalue weighted by Crippen LogP contribution is 2.41. The molecule has 2 aromatic carbocycles. The third-order valence-corrected chi connectivity index (χ3v) is 9.23. The van der Waals surface area contributed by atoms with Crippen molar-refractivity contribution in [3.05, 3.63) is 91.7 Å². The monoisotopic (exact) mass is 619 g/mol. The third-order valence-electron chi connectivity index (χ3n) is 6.30. The van der Waals surface area contributed by atoms with E-state index < -0.39 is 27.4 Å². The van der Waals surface area contributed by atoms with Crippen LogP contribution < -0.4 is 0 Å². The molecule has 0 saturated carbocycles. The highest BCUT2D eigenvalue weighted by molar-refractivity contribution is 7.90. The van der Waals surface area contributed by atoms with E-state index in [4.69, 9.17) is 27.9 Å². The van der Waals surface area contributed by atoms with Crippen molar-refractivity contribution in [2.45, 2.75) is 39.0 Å². The zero-order chi connectivity index (χ0) is 29.4. The lowest BCUT2D eigenvalue weighted by molar-refractivity contribution is -0.130. The van der Waals surface area contributed by atoms with Crippen molar-refractivity contribution in [1.29, 1.82) is 0 Å². The van der Waals surface area contributed by atoms with E-state index in [1.165, 1.54) is 35.6 Å². The summed E-state index contributed by atoms with van der Waals surface area (Å²) in [6.45, 7) is 7.07. The summed E-state index contributed by atoms with van der Waals surface area (Å²) in [6.07, 6.45) is 1.67. The molecule has 40 heavy (non-hydrogen) atoms. The van der Waals surface area contributed by atoms with E-state index in [9.17, 15) is 23.1 Å². The number of fused-ring (bicyclic) bond motifs is 1. The summed E-state index contributed by atoms with van der Waals surface area (Å²) in [5.41, 5.74) is 0.846. The maximum absolute atomic E-state index is 14.1. The molecule has 4 rings (SSSR count). The Morgan fingerprint density at radius 1 is 1.12 bits per heavy atom. The minimum atomic E-state index is -4.33. The van der Waals surface area contributed by atoms with Crippen LogP contribution in [0.1, 0.15) is 48.0 Å². The van der Waals surface area contributed by atoms with Crippen LogP contribution in [-0.2, 0) is 26.0 Å². The molecule has 0 radical (unpaired) electrons. The smallest absolute Gasteiger partial charge is 0.356 e. The van der Waals surface area contributed by atoms with Crippen molar-refractivity contribution in [2.24, 2.45) is 5.41 Å². The first-order valence-corrected chi connectivity index (χ1v) is 15.4. The molecule has 0 saturated heterocycles. The number of aliphatic carboxylic acids is 1. The van der Waals surface area contributed by atoms with E-state index in [-0.39, 0.29) is 44.8 Å². The summed E-state index contributed by atoms with van der Waals surface area (Å²) < 4.78 is 34.5. The number of rotatable bonds is 9. The Hall–Kier alpha value is -3.11. The molecule has 0 atom stereocenters. The van der Waals surface area contributed by atoms with Gasteiger partial charge >= 0.3 is 11.9 Å². The Labute approximate surface area is 246 Å². The van der Waals surface area contributed by atoms with Gasteiger partial charge in [-0.05, 0) is 77.9 Å². The lowest BCUT2D eigenvalue weighted by Gasteiger charge is -2.22. The second-order valence-electron chi connectivity index (χ2n) is 9.95. The number of benzene rings is 2. The number of carboxylic acids is 1. The number of halogens is 2. The van der Waals surface area contributed by atoms with Gasteiger partial charge in [0.2, 0.25) is 0 Å². The molecule has 0 aliphatic rings. The largest absolute Gasteiger partial charge is 0.478 e. The number of aryl methyl sites for hydroxylation is 1. The van der Waals surface area contributed by atoms with Gasteiger partial charge in [0.15, 0.2) is 0 Å². The topological polar surface area (TPSA) is 103 Å². The fraction of sp³-hybridized carbons (Fsp3) is 0.241. The fourth-order valence-electron chi connectivity index (χ4n) is 4.61. The number of carboxylic acid groups (broad SMARTS) is 1. The number of allylic oxidation sites excluding steroid dienone is 1. The average molecular weight is 621 g/mol. The molecule has 4 aromatic rings. The van der Waals surface area contributed by atoms with Crippen molar-refractivity contribution in [2.75, 3.05) is 6.61 Å². The van der Waals surface area contributed by atoms with Gasteiger partial charge in [-0.2, -0.15) is 11.3 Å². The number of nitrogens with zero attached hydrogens (tertiary/aromatic N) is 1. The number of carbonyl (C=O) groups excluding carboxylic acids is 1. The standard InChI is InChI=1S/C29H27Cl2NO6S2/c1-5-38-28(35)26-22(15-29(3,4)14-21(27(33)34)18-10-11-39-16-18)25-23(31)12-19(30)13-24(25)32(26)40(36,37)20-8-6-17(2)7-9-20/h6-14,16H,5,15H2,1-4H3,(H,33,34)/b21-14+. The Morgan fingerprint density at radius 3 is 2.38 bits per heavy atom. The van der Waals surface area contributed by atoms with Gasteiger partial charge in [0.05, 0.1) is 27.6 Å². The van der Waals surface area contributed by atoms with Crippen LogP contribution in [0.2, 0.25) is 10.0 Å². The maximum atomic E-state index is 14.1. The first-order valence-electron chi connectivity index (χ1n) is 12.3. The van der Waals surface area contributed by atoms with Crippen LogP contribution in [0, 0.1) is 12.3 Å². The number of ether oxygens (including phenoxy) is 1. The summed E-state index contributed by atoms with van der Waals surface area (Å²) >= 11 is 14.4. The molecule has 1 N–H and O–H groups in total. The molecule has 7 nitrogen and oxygen atoms in total. The summed E-state index contributed by atoms with van der Waals surface area (Å²) in [5, 5.41) is 14.1. The molecule has 0 bridgehead atoms. The van der Waals surface area contributed by atoms with Gasteiger partial charge in [-0.3, -0.25) is 0 Å². The molecule has 0 unspecified atom stereocenters. The van der Waals surface area contributed by atoms with E-state index >= 15 is 0 Å². The molecule has 0 fully saturated rings. The van der Waals surface area contributed by atoms with Gasteiger partial charge < -0.3 is 9.84 Å². The van der Waals surface area contributed by atoms with Gasteiger partial charge in [0.1, 0.15) is 5.69 Å². The molecule has 0 aliphatic carbocycles. The van der Waals surface area contributed by atoms with Crippen LogP contribution in [0.25, 0.3) is 16.5 Å². The van der Waals surface area contributed by atoms with Gasteiger partial charge in [-0.25, -0.2) is 22.0 Å². The Balaban J connectivity index is 2.05. The highest BCUT2D eigenvalue weighted by Gasteiger charge is 2.35. The highest BCUT2D eigenvalue weighted by atomic mass is 35.5. The van der Waals surface area contributed by atoms with Crippen molar-refractivity contribution in [3.8, 4) is 0 Å². The maximum Gasteiger partial charge on any atom is 0.356 e. The summed E-state index contributed by atoms with van der Waals surface area (Å²) in [5.74, 6) is -1.96. The average Bonchev–Trinajstić information content (AvgIpc) is 3.49. The second-order valence-corrected chi connectivity index (χ2v) is 13.4. The van der Waals surface area contributed by atoms with Crippen LogP contribution in [0.5, 0.6) is 0 Å². The molecular formula is C29H27Cl2NO6S2. The lowest BCUT2D eigenvalue weighted by atomic mass is 9.82. The summed E-state index contributed by atoms with van der Waals surface area (Å²) in [7, 11) is -4.33. The fourth-order valence-corrected chi connectivity index (χ4v) is 7.38. The van der Waals surface area contributed by atoms with Crippen LogP contribution in [0.3, 0.4) is 0 Å². The number of hydrogen-bond donors (Lipinski definition) is 1. The Kier molecular flexibility index (Phi) is 8.52. The number of aromatic nitrogens is 1. The van der Waals surface area contributed by atoms with E-state index in [0.29, 0.717) is 16.5 Å². The summed E-state index contributed by atoms with van der Waals surface area (Å²) in [6, 6.07) is 10.9. The minimum Gasteiger partial charge on any atom is -0.478 e. The van der Waals surface area contributed by atoms with Gasteiger partial charge in [-0.15, -0.1) is 0 Å². The molecular weight excluding hydrogens is 593 g/mol. The van der Waals surface area contributed by atoms with Gasteiger partial charge in [-0.1, -0.05) is 60.8 Å². The normalized spacial score (nSPS) is 12.6. The van der Waals surface area contributed by atoms with Crippen LogP contribution in [0.15, 0.2) is 64.2 Å². The number of carbonyl (C=O) groups is 2. The van der Waals surface area contributed by atoms with Gasteiger partial charge in [0.25, 0.3) is 10.0 Å². The molecule has 0 amide bonds. The van der Waals surface area contributed by atoms with Crippen LogP contribution >= 0.6 is 34.5 Å². The number of thiophene rings is 1. The molecule has 210 valence electrons. The van der Waals surface area contributed by atoms with Crippen molar-refractivity contribution in [3.63, 3.8) is 0 Å². The Bertz CT molecular complexity index is 1740. The summed E-state index contributed by atoms with van der Waals surface area (Å²) in [4.78, 5) is 25.6. The molecule has 0 aliphatic heterocycles. The zero-order valence-corrected chi connectivity index (χ0v) is 25.3. The molecule has 11 heteroatoms. The minimum absolute atomic E-state index is 0.00345. The van der Waals surface area contributed by atoms with Crippen molar-refractivity contribution in [1.82, 2.24) is 3.97 Å². The molecule has 2 aromatic heterocycles. The first kappa shape index (κ1) is 29.9. The van der Waals surface area contributed by atoms with Gasteiger partial charge in [0, 0.05) is 10.4 Å². The van der Waals surface area contributed by atoms with Crippen molar-refractivity contribution >= 4 is 73.0 Å². The number of hydrogen-bond acceptors (Lipinski definition) is 6. The number of esters is 1. The second kappa shape index (κ2) is 11.4. The van der Waals surface area contributed by atoms with Crippen molar-refractivity contribution < 1.29 is 27.9 Å². The quantitative estimate of drug-likeness (QED) is 0.154. The Morgan fingerprint density at radius 2 is 1.80 bits per heavy atom. The van der Waals surface area contributed by atoms with E-state index in [2.05, 4.69) is 0 Å². The first-order chi connectivity index (χ1) is 18.8. The molecule has 2 heterocycles. The third kappa shape index (κ3) is 5.83. The lowest BCUT2D eigenvalue weighted by Crippen LogP contribution is -2.23. The van der Waals surface area contributed by atoms with Crippen LogP contribution in [0.4, 0.5) is 0 Å². The van der Waals surface area contributed by atoms with E-state index in [0.717, 1.165) is 9.54 Å². The van der Waals surface area contributed by atoms with E-state index in [1.54, 1.807) is 55.8 Å². The predicted octanol–water partition coefficient (Wildman–Crippen LogP) is 7.47. The van der Waals surface area contributed by atoms with E-state index in [1.807, 2.05) is 6.92 Å². The van der Waals surface area contributed by atoms with Crippen LogP contribution in [-0.4, -0.2) is 36.0 Å². The SMILES string of the molecule is CCOC(=O)c1c(CC(C)(C)/C=C(/C(=O)O)c2ccsc2)c2c(Cl)cc(Cl)cc2n1S(=O)(=O)c1ccc(C)cc1. The predicted molar refractivity (Wildman–Crippen MR) is 159 cm³/mol. The molecule has 0 spiro atoms.